The molecule has 0 heterocycles. The molecule has 0 fully saturated rings. The van der Waals surface area contributed by atoms with Crippen LogP contribution in [0.3, 0.4) is 0 Å². The van der Waals surface area contributed by atoms with Crippen LogP contribution in [-0.2, 0) is 4.79 Å². The van der Waals surface area contributed by atoms with Gasteiger partial charge in [0.05, 0.1) is 6.04 Å². The number of imide groups is 1. The monoisotopic (exact) mass is 271 g/mol. The SMILES string of the molecule is C[C@@H](N[C@H](C)c1cc(F)ccc1F)C(=O)NC(N)=O. The van der Waals surface area contributed by atoms with Crippen LogP contribution in [0.15, 0.2) is 18.2 Å². The highest BCUT2D eigenvalue weighted by Gasteiger charge is 2.19. The Kier molecular flexibility index (Phi) is 4.94. The largest absolute Gasteiger partial charge is 0.351 e. The lowest BCUT2D eigenvalue weighted by Crippen LogP contribution is -2.47. The van der Waals surface area contributed by atoms with Crippen molar-refractivity contribution in [3.8, 4) is 0 Å². The van der Waals surface area contributed by atoms with E-state index in [0.717, 1.165) is 18.2 Å². The van der Waals surface area contributed by atoms with Crippen molar-refractivity contribution in [3.05, 3.63) is 35.4 Å². The van der Waals surface area contributed by atoms with Crippen LogP contribution in [-0.4, -0.2) is 18.0 Å². The fraction of sp³-hybridized carbons (Fsp3) is 0.333. The van der Waals surface area contributed by atoms with Crippen molar-refractivity contribution in [2.45, 2.75) is 25.9 Å². The minimum absolute atomic E-state index is 0.0960. The first kappa shape index (κ1) is 15.0. The smallest absolute Gasteiger partial charge is 0.318 e. The zero-order valence-corrected chi connectivity index (χ0v) is 10.5. The zero-order chi connectivity index (χ0) is 14.6. The number of hydrogen-bond donors (Lipinski definition) is 3. The van der Waals surface area contributed by atoms with E-state index in [9.17, 15) is 18.4 Å². The minimum Gasteiger partial charge on any atom is -0.351 e. The van der Waals surface area contributed by atoms with E-state index < -0.39 is 35.7 Å². The molecule has 19 heavy (non-hydrogen) atoms. The maximum Gasteiger partial charge on any atom is 0.318 e. The molecule has 2 atom stereocenters. The molecule has 0 aromatic heterocycles. The van der Waals surface area contributed by atoms with Gasteiger partial charge in [-0.2, -0.15) is 0 Å². The number of hydrogen-bond acceptors (Lipinski definition) is 3. The van der Waals surface area contributed by atoms with E-state index in [2.05, 4.69) is 5.32 Å². The molecule has 0 spiro atoms. The van der Waals surface area contributed by atoms with Gasteiger partial charge in [-0.25, -0.2) is 13.6 Å². The third kappa shape index (κ3) is 4.29. The number of amides is 3. The maximum absolute atomic E-state index is 13.5. The lowest BCUT2D eigenvalue weighted by atomic mass is 10.1. The molecule has 7 heteroatoms. The van der Waals surface area contributed by atoms with Gasteiger partial charge in [0.25, 0.3) is 0 Å². The Bertz CT molecular complexity index is 494. The Labute approximate surface area is 109 Å². The van der Waals surface area contributed by atoms with Crippen molar-refractivity contribution in [1.82, 2.24) is 10.6 Å². The summed E-state index contributed by atoms with van der Waals surface area (Å²) in [6.45, 7) is 3.05. The fourth-order valence-electron chi connectivity index (χ4n) is 1.62. The average Bonchev–Trinajstić information content (AvgIpc) is 2.31. The molecule has 0 saturated heterocycles. The first-order valence-corrected chi connectivity index (χ1v) is 5.62. The number of rotatable bonds is 4. The first-order chi connectivity index (χ1) is 8.81. The highest BCUT2D eigenvalue weighted by Crippen LogP contribution is 2.18. The predicted octanol–water partition coefficient (Wildman–Crippen LogP) is 1.20. The van der Waals surface area contributed by atoms with Crippen LogP contribution >= 0.6 is 0 Å². The number of halogens is 2. The van der Waals surface area contributed by atoms with E-state index in [1.807, 2.05) is 5.32 Å². The number of carbonyl (C=O) groups is 2. The van der Waals surface area contributed by atoms with Crippen LogP contribution in [0.2, 0.25) is 0 Å². The summed E-state index contributed by atoms with van der Waals surface area (Å²) in [5, 5.41) is 4.64. The van der Waals surface area contributed by atoms with Crippen LogP contribution in [0.25, 0.3) is 0 Å². The van der Waals surface area contributed by atoms with Gasteiger partial charge < -0.3 is 5.73 Å². The molecule has 4 N–H and O–H groups in total. The molecule has 0 bridgehead atoms. The standard InChI is InChI=1S/C12H15F2N3O2/c1-6(9-5-8(13)3-4-10(9)14)16-7(2)11(18)17-12(15)19/h3-7,16H,1-2H3,(H3,15,17,18,19)/t6-,7-/m1/s1. The molecule has 1 rings (SSSR count). The summed E-state index contributed by atoms with van der Waals surface area (Å²) in [5.41, 5.74) is 4.90. The molecule has 3 amide bonds. The van der Waals surface area contributed by atoms with E-state index in [-0.39, 0.29) is 5.56 Å². The van der Waals surface area contributed by atoms with Gasteiger partial charge in [0.1, 0.15) is 11.6 Å². The van der Waals surface area contributed by atoms with Gasteiger partial charge in [-0.15, -0.1) is 0 Å². The summed E-state index contributed by atoms with van der Waals surface area (Å²) in [6, 6.07) is 0.704. The lowest BCUT2D eigenvalue weighted by molar-refractivity contribution is -0.121. The van der Waals surface area contributed by atoms with Gasteiger partial charge in [0, 0.05) is 11.6 Å². The lowest BCUT2D eigenvalue weighted by Gasteiger charge is -2.19. The third-order valence-corrected chi connectivity index (χ3v) is 2.56. The van der Waals surface area contributed by atoms with Gasteiger partial charge in [0.15, 0.2) is 0 Å². The summed E-state index contributed by atoms with van der Waals surface area (Å²) in [7, 11) is 0. The van der Waals surface area contributed by atoms with Crippen molar-refractivity contribution in [2.75, 3.05) is 0 Å². The van der Waals surface area contributed by atoms with Crippen molar-refractivity contribution in [2.24, 2.45) is 5.73 Å². The molecule has 1 aromatic carbocycles. The summed E-state index contributed by atoms with van der Waals surface area (Å²) in [5.74, 6) is -1.79. The molecule has 1 aromatic rings. The van der Waals surface area contributed by atoms with Crippen molar-refractivity contribution < 1.29 is 18.4 Å². The number of nitrogens with two attached hydrogens (primary N) is 1. The van der Waals surface area contributed by atoms with E-state index >= 15 is 0 Å². The number of carbonyl (C=O) groups excluding carboxylic acids is 2. The van der Waals surface area contributed by atoms with Crippen molar-refractivity contribution in [1.29, 1.82) is 0 Å². The second-order valence-electron chi connectivity index (χ2n) is 4.13. The first-order valence-electron chi connectivity index (χ1n) is 5.62. The number of urea groups is 1. The third-order valence-electron chi connectivity index (χ3n) is 2.56. The second kappa shape index (κ2) is 6.24. The van der Waals surface area contributed by atoms with Gasteiger partial charge in [-0.05, 0) is 32.0 Å². The number of primary amides is 1. The van der Waals surface area contributed by atoms with Gasteiger partial charge in [0.2, 0.25) is 5.91 Å². The normalized spacial score (nSPS) is 13.7. The Morgan fingerprint density at radius 2 is 1.89 bits per heavy atom. The summed E-state index contributed by atoms with van der Waals surface area (Å²) in [6.07, 6.45) is 0. The molecule has 0 aliphatic rings. The summed E-state index contributed by atoms with van der Waals surface area (Å²) >= 11 is 0. The van der Waals surface area contributed by atoms with Crippen LogP contribution in [0.1, 0.15) is 25.5 Å². The Hall–Kier alpha value is -2.02. The van der Waals surface area contributed by atoms with E-state index in [4.69, 9.17) is 5.73 Å². The Balaban J connectivity index is 2.73. The number of benzene rings is 1. The van der Waals surface area contributed by atoms with E-state index in [1.54, 1.807) is 6.92 Å². The average molecular weight is 271 g/mol. The molecule has 0 radical (unpaired) electrons. The molecule has 0 saturated carbocycles. The Morgan fingerprint density at radius 3 is 2.47 bits per heavy atom. The molecule has 0 unspecified atom stereocenters. The highest BCUT2D eigenvalue weighted by molar-refractivity contribution is 5.96. The van der Waals surface area contributed by atoms with Crippen LogP contribution < -0.4 is 16.4 Å². The molecule has 0 aliphatic carbocycles. The molecule has 5 nitrogen and oxygen atoms in total. The number of nitrogens with one attached hydrogen (secondary N) is 2. The quantitative estimate of drug-likeness (QED) is 0.769. The van der Waals surface area contributed by atoms with Crippen LogP contribution in [0, 0.1) is 11.6 Å². The summed E-state index contributed by atoms with van der Waals surface area (Å²) < 4.78 is 26.5. The topological polar surface area (TPSA) is 84.2 Å². The van der Waals surface area contributed by atoms with Crippen LogP contribution in [0.4, 0.5) is 13.6 Å². The zero-order valence-electron chi connectivity index (χ0n) is 10.5. The van der Waals surface area contributed by atoms with E-state index in [1.165, 1.54) is 6.92 Å². The highest BCUT2D eigenvalue weighted by atomic mass is 19.1. The van der Waals surface area contributed by atoms with Crippen LogP contribution in [0.5, 0.6) is 0 Å². The van der Waals surface area contributed by atoms with Gasteiger partial charge in [-0.1, -0.05) is 0 Å². The van der Waals surface area contributed by atoms with Crippen molar-refractivity contribution in [3.63, 3.8) is 0 Å². The predicted molar refractivity (Wildman–Crippen MR) is 65.1 cm³/mol. The molecular formula is C12H15F2N3O2. The van der Waals surface area contributed by atoms with Gasteiger partial charge >= 0.3 is 6.03 Å². The molecule has 0 aliphatic heterocycles. The van der Waals surface area contributed by atoms with Crippen molar-refractivity contribution >= 4 is 11.9 Å². The van der Waals surface area contributed by atoms with Gasteiger partial charge in [-0.3, -0.25) is 15.4 Å². The maximum atomic E-state index is 13.5. The van der Waals surface area contributed by atoms with E-state index in [0.29, 0.717) is 0 Å². The second-order valence-corrected chi connectivity index (χ2v) is 4.13. The Morgan fingerprint density at radius 1 is 1.26 bits per heavy atom. The molecular weight excluding hydrogens is 256 g/mol. The summed E-state index contributed by atoms with van der Waals surface area (Å²) in [4.78, 5) is 22.0. The fourth-order valence-corrected chi connectivity index (χ4v) is 1.62. The minimum atomic E-state index is -0.969. The molecule has 104 valence electrons.